The summed E-state index contributed by atoms with van der Waals surface area (Å²) in [5, 5.41) is 0. The lowest BCUT2D eigenvalue weighted by atomic mass is 9.77. The summed E-state index contributed by atoms with van der Waals surface area (Å²) in [6, 6.07) is 10.1. The van der Waals surface area contributed by atoms with Crippen molar-refractivity contribution >= 4 is 18.7 Å². The highest BCUT2D eigenvalue weighted by molar-refractivity contribution is 6.62. The Morgan fingerprint density at radius 1 is 1.00 bits per heavy atom. The quantitative estimate of drug-likeness (QED) is 0.349. The van der Waals surface area contributed by atoms with E-state index in [4.69, 9.17) is 14.0 Å². The third kappa shape index (κ3) is 4.45. The largest absolute Gasteiger partial charge is 0.494 e. The number of likely N-dealkylation sites (tertiary alicyclic amines) is 1. The first-order valence-corrected chi connectivity index (χ1v) is 14.5. The van der Waals surface area contributed by atoms with Crippen LogP contribution in [0.25, 0.3) is 22.4 Å². The highest BCUT2D eigenvalue weighted by atomic mass is 19.3. The number of nitrogens with zero attached hydrogens (tertiary/aromatic N) is 2. The van der Waals surface area contributed by atoms with Gasteiger partial charge in [-0.15, -0.1) is 0 Å². The molecule has 3 aliphatic rings. The second-order valence-electron chi connectivity index (χ2n) is 13.9. The van der Waals surface area contributed by atoms with Gasteiger partial charge in [-0.3, -0.25) is 4.90 Å². The van der Waals surface area contributed by atoms with Gasteiger partial charge >= 0.3 is 13.2 Å². The average molecular weight is 577 g/mol. The predicted octanol–water partition coefficient (Wildman–Crippen LogP) is 6.74. The standard InChI is InChI=1S/C32H38BF2N3O4/c1-28(2,3)40-27(39)38-15-9-14-31(38,8)26-36-18-25(37-26)19-10-12-21-22-13-11-20(17-24(22)32(34,35)23(21)16-19)33-41-29(4,5)30(6,7)42-33/h10-13,16-18H,9,14-15H2,1-8H3,(H,36,37). The summed E-state index contributed by atoms with van der Waals surface area (Å²) in [5.74, 6) is -2.60. The van der Waals surface area contributed by atoms with Crippen LogP contribution in [0, 0.1) is 0 Å². The van der Waals surface area contributed by atoms with Crippen molar-refractivity contribution in [3.05, 3.63) is 59.5 Å². The van der Waals surface area contributed by atoms with Gasteiger partial charge in [-0.25, -0.2) is 9.78 Å². The minimum absolute atomic E-state index is 0.0559. The first kappa shape index (κ1) is 28.9. The van der Waals surface area contributed by atoms with Crippen LogP contribution in [0.3, 0.4) is 0 Å². The van der Waals surface area contributed by atoms with Crippen molar-refractivity contribution in [2.75, 3.05) is 6.54 Å². The van der Waals surface area contributed by atoms with Crippen molar-refractivity contribution in [3.8, 4) is 22.4 Å². The number of carbonyl (C=O) groups is 1. The topological polar surface area (TPSA) is 76.7 Å². The van der Waals surface area contributed by atoms with E-state index in [0.29, 0.717) is 46.6 Å². The highest BCUT2D eigenvalue weighted by Gasteiger charge is 2.53. The normalized spacial score (nSPS) is 23.7. The number of fused-ring (bicyclic) bond motifs is 3. The number of alkyl halides is 2. The lowest BCUT2D eigenvalue weighted by molar-refractivity contribution is 0.00578. The van der Waals surface area contributed by atoms with E-state index < -0.39 is 41.5 Å². The number of rotatable bonds is 3. The second kappa shape index (κ2) is 9.13. The number of halogens is 2. The summed E-state index contributed by atoms with van der Waals surface area (Å²) in [6.07, 6.45) is 2.77. The molecule has 0 spiro atoms. The molecule has 2 aliphatic heterocycles. The van der Waals surface area contributed by atoms with Crippen LogP contribution in [0.5, 0.6) is 0 Å². The van der Waals surface area contributed by atoms with Gasteiger partial charge in [0.2, 0.25) is 0 Å². The minimum Gasteiger partial charge on any atom is -0.444 e. The van der Waals surface area contributed by atoms with Crippen LogP contribution in [-0.2, 0) is 25.5 Å². The number of H-pyrrole nitrogens is 1. The molecule has 0 saturated carbocycles. The number of aromatic nitrogens is 2. The zero-order chi connectivity index (χ0) is 30.5. The number of aromatic amines is 1. The number of amides is 1. The Bertz CT molecular complexity index is 1560. The maximum absolute atomic E-state index is 16.0. The van der Waals surface area contributed by atoms with Crippen LogP contribution in [0.2, 0.25) is 0 Å². The molecule has 1 unspecified atom stereocenters. The monoisotopic (exact) mass is 577 g/mol. The Hall–Kier alpha value is -3.24. The van der Waals surface area contributed by atoms with Crippen molar-refractivity contribution in [2.24, 2.45) is 0 Å². The van der Waals surface area contributed by atoms with Crippen LogP contribution < -0.4 is 5.46 Å². The molecule has 0 bridgehead atoms. The lowest BCUT2D eigenvalue weighted by Crippen LogP contribution is -2.46. The molecule has 2 fully saturated rings. The molecule has 1 atom stereocenters. The zero-order valence-corrected chi connectivity index (χ0v) is 25.5. The van der Waals surface area contributed by atoms with E-state index in [2.05, 4.69) is 9.97 Å². The number of hydrogen-bond donors (Lipinski definition) is 1. The van der Waals surface area contributed by atoms with E-state index in [1.54, 1.807) is 29.3 Å². The van der Waals surface area contributed by atoms with Crippen LogP contribution in [0.1, 0.15) is 85.2 Å². The van der Waals surface area contributed by atoms with E-state index in [0.717, 1.165) is 6.42 Å². The van der Waals surface area contributed by atoms with Gasteiger partial charge in [0.05, 0.1) is 23.1 Å². The summed E-state index contributed by atoms with van der Waals surface area (Å²) >= 11 is 0. The van der Waals surface area contributed by atoms with E-state index >= 15 is 8.78 Å². The SMILES string of the molecule is CC(C)(C)OC(=O)N1CCCC1(C)c1ncc(-c2ccc3c(c2)C(F)(F)c2cc(B4OC(C)(C)C(C)(C)O4)ccc2-3)[nH]1. The fourth-order valence-corrected chi connectivity index (χ4v) is 6.09. The fraction of sp³-hybridized carbons (Fsp3) is 0.500. The molecular weight excluding hydrogens is 539 g/mol. The van der Waals surface area contributed by atoms with Gasteiger partial charge in [-0.05, 0) is 90.9 Å². The second-order valence-corrected chi connectivity index (χ2v) is 13.9. The number of nitrogens with one attached hydrogen (secondary N) is 1. The van der Waals surface area contributed by atoms with E-state index in [9.17, 15) is 4.79 Å². The van der Waals surface area contributed by atoms with E-state index in [-0.39, 0.29) is 11.1 Å². The molecule has 6 rings (SSSR count). The van der Waals surface area contributed by atoms with Crippen molar-refractivity contribution < 1.29 is 27.6 Å². The van der Waals surface area contributed by atoms with Crippen LogP contribution in [-0.4, -0.2) is 51.4 Å². The van der Waals surface area contributed by atoms with E-state index in [1.807, 2.05) is 61.5 Å². The van der Waals surface area contributed by atoms with Gasteiger partial charge < -0.3 is 19.0 Å². The van der Waals surface area contributed by atoms with Crippen molar-refractivity contribution in [1.82, 2.24) is 14.9 Å². The molecule has 2 aromatic carbocycles. The molecule has 10 heteroatoms. The molecule has 1 amide bonds. The molecule has 0 radical (unpaired) electrons. The van der Waals surface area contributed by atoms with Crippen LogP contribution >= 0.6 is 0 Å². The third-order valence-electron chi connectivity index (χ3n) is 9.21. The Balaban J connectivity index is 1.29. The van der Waals surface area contributed by atoms with Crippen molar-refractivity contribution in [1.29, 1.82) is 0 Å². The number of benzene rings is 2. The average Bonchev–Trinajstić information content (AvgIpc) is 3.62. The van der Waals surface area contributed by atoms with Crippen molar-refractivity contribution in [2.45, 2.75) is 96.5 Å². The fourth-order valence-electron chi connectivity index (χ4n) is 6.09. The molecule has 2 saturated heterocycles. The molecule has 3 aromatic rings. The predicted molar refractivity (Wildman–Crippen MR) is 158 cm³/mol. The maximum atomic E-state index is 16.0. The Labute approximate surface area is 246 Å². The van der Waals surface area contributed by atoms with Crippen LogP contribution in [0.15, 0.2) is 42.6 Å². The lowest BCUT2D eigenvalue weighted by Gasteiger charge is -2.34. The molecular formula is C32H38BF2N3O4. The first-order chi connectivity index (χ1) is 19.4. The molecule has 42 heavy (non-hydrogen) atoms. The van der Waals surface area contributed by atoms with Gasteiger partial charge in [0.15, 0.2) is 0 Å². The summed E-state index contributed by atoms with van der Waals surface area (Å²) in [5.41, 5.74) is 0.201. The summed E-state index contributed by atoms with van der Waals surface area (Å²) in [4.78, 5) is 22.6. The molecule has 1 aliphatic carbocycles. The van der Waals surface area contributed by atoms with Gasteiger partial charge in [0, 0.05) is 23.2 Å². The number of hydrogen-bond acceptors (Lipinski definition) is 5. The van der Waals surface area contributed by atoms with Gasteiger partial charge in [0.25, 0.3) is 5.92 Å². The van der Waals surface area contributed by atoms with Gasteiger partial charge in [-0.1, -0.05) is 30.3 Å². The number of carbonyl (C=O) groups excluding carboxylic acids is 1. The smallest absolute Gasteiger partial charge is 0.444 e. The summed E-state index contributed by atoms with van der Waals surface area (Å²) in [7, 11) is -0.726. The number of ether oxygens (including phenoxy) is 1. The summed E-state index contributed by atoms with van der Waals surface area (Å²) in [6.45, 7) is 15.8. The third-order valence-corrected chi connectivity index (χ3v) is 9.21. The van der Waals surface area contributed by atoms with Gasteiger partial charge in [0.1, 0.15) is 17.0 Å². The summed E-state index contributed by atoms with van der Waals surface area (Å²) < 4.78 is 49.9. The van der Waals surface area contributed by atoms with E-state index in [1.165, 1.54) is 12.1 Å². The van der Waals surface area contributed by atoms with Crippen molar-refractivity contribution in [3.63, 3.8) is 0 Å². The minimum atomic E-state index is -3.20. The zero-order valence-electron chi connectivity index (χ0n) is 25.5. The molecule has 7 nitrogen and oxygen atoms in total. The van der Waals surface area contributed by atoms with Gasteiger partial charge in [-0.2, -0.15) is 8.78 Å². The Morgan fingerprint density at radius 3 is 2.26 bits per heavy atom. The first-order valence-electron chi connectivity index (χ1n) is 14.5. The highest BCUT2D eigenvalue weighted by Crippen LogP contribution is 2.52. The maximum Gasteiger partial charge on any atom is 0.494 e. The van der Waals surface area contributed by atoms with Crippen LogP contribution in [0.4, 0.5) is 13.6 Å². The Morgan fingerprint density at radius 2 is 1.62 bits per heavy atom. The molecule has 222 valence electrons. The molecule has 3 heterocycles. The number of imidazole rings is 1. The Kier molecular flexibility index (Phi) is 6.28. The molecule has 1 aromatic heterocycles. The molecule has 1 N–H and O–H groups in total.